The highest BCUT2D eigenvalue weighted by molar-refractivity contribution is 7.09. The van der Waals surface area contributed by atoms with Gasteiger partial charge in [0, 0.05) is 42.7 Å². The van der Waals surface area contributed by atoms with Crippen LogP contribution >= 0.6 is 11.3 Å². The molecule has 25 heavy (non-hydrogen) atoms. The Morgan fingerprint density at radius 2 is 1.96 bits per heavy atom. The zero-order valence-electron chi connectivity index (χ0n) is 15.0. The van der Waals surface area contributed by atoms with E-state index in [2.05, 4.69) is 22.4 Å². The number of benzene rings is 1. The van der Waals surface area contributed by atoms with Gasteiger partial charge in [0.25, 0.3) is 0 Å². The topological polar surface area (TPSA) is 32.8 Å². The maximum absolute atomic E-state index is 12.6. The number of methoxy groups -OCH3 is 1. The van der Waals surface area contributed by atoms with E-state index < -0.39 is 0 Å². The molecule has 0 aliphatic carbocycles. The normalized spacial score (nSPS) is 15.9. The molecule has 0 N–H and O–H groups in total. The van der Waals surface area contributed by atoms with Gasteiger partial charge < -0.3 is 9.64 Å². The van der Waals surface area contributed by atoms with Crippen molar-refractivity contribution in [3.05, 3.63) is 46.7 Å². The minimum atomic E-state index is 0.196. The number of piperidine rings is 1. The number of likely N-dealkylation sites (tertiary alicyclic amines) is 1. The summed E-state index contributed by atoms with van der Waals surface area (Å²) < 4.78 is 5.24. The zero-order chi connectivity index (χ0) is 17.6. The van der Waals surface area contributed by atoms with Crippen LogP contribution in [-0.4, -0.2) is 37.0 Å². The number of carbonyl (C=O) groups excluding carboxylic acids is 1. The van der Waals surface area contributed by atoms with E-state index in [1.807, 2.05) is 47.4 Å². The van der Waals surface area contributed by atoms with Crippen LogP contribution in [0.5, 0.6) is 5.75 Å². The SMILES string of the molecule is CCC(=O)N(c1ccc(OC)cc1)C1CCN(Cc2cccs2)CC1. The first-order valence-corrected chi connectivity index (χ1v) is 9.80. The Balaban J connectivity index is 1.66. The summed E-state index contributed by atoms with van der Waals surface area (Å²) in [5.41, 5.74) is 0.976. The largest absolute Gasteiger partial charge is 0.497 e. The minimum absolute atomic E-state index is 0.196. The summed E-state index contributed by atoms with van der Waals surface area (Å²) >= 11 is 1.81. The van der Waals surface area contributed by atoms with Gasteiger partial charge in [0.2, 0.25) is 5.91 Å². The Labute approximate surface area is 154 Å². The molecule has 2 aromatic rings. The molecule has 4 nitrogen and oxygen atoms in total. The van der Waals surface area contributed by atoms with E-state index in [0.717, 1.165) is 43.9 Å². The lowest BCUT2D eigenvalue weighted by Gasteiger charge is -2.38. The van der Waals surface area contributed by atoms with E-state index in [1.54, 1.807) is 7.11 Å². The van der Waals surface area contributed by atoms with Crippen LogP contribution in [0.3, 0.4) is 0 Å². The van der Waals surface area contributed by atoms with Crippen molar-refractivity contribution >= 4 is 22.9 Å². The fourth-order valence-corrected chi connectivity index (χ4v) is 4.18. The van der Waals surface area contributed by atoms with Crippen LogP contribution < -0.4 is 9.64 Å². The first-order valence-electron chi connectivity index (χ1n) is 8.92. The second-order valence-electron chi connectivity index (χ2n) is 6.40. The summed E-state index contributed by atoms with van der Waals surface area (Å²) in [6.07, 6.45) is 2.56. The van der Waals surface area contributed by atoms with Crippen LogP contribution in [0.1, 0.15) is 31.1 Å². The molecular weight excluding hydrogens is 332 g/mol. The molecule has 1 fully saturated rings. The zero-order valence-corrected chi connectivity index (χ0v) is 15.8. The predicted molar refractivity (Wildman–Crippen MR) is 103 cm³/mol. The van der Waals surface area contributed by atoms with Crippen molar-refractivity contribution < 1.29 is 9.53 Å². The highest BCUT2D eigenvalue weighted by Crippen LogP contribution is 2.27. The molecule has 1 saturated heterocycles. The lowest BCUT2D eigenvalue weighted by molar-refractivity contribution is -0.119. The molecule has 0 saturated carbocycles. The Hall–Kier alpha value is -1.85. The van der Waals surface area contributed by atoms with Gasteiger partial charge in [-0.2, -0.15) is 0 Å². The van der Waals surface area contributed by atoms with Gasteiger partial charge >= 0.3 is 0 Å². The van der Waals surface area contributed by atoms with Gasteiger partial charge in [0.15, 0.2) is 0 Å². The quantitative estimate of drug-likeness (QED) is 0.777. The van der Waals surface area contributed by atoms with Crippen molar-refractivity contribution in [1.82, 2.24) is 4.90 Å². The molecule has 1 amide bonds. The number of hydrogen-bond donors (Lipinski definition) is 0. The first kappa shape index (κ1) is 18.0. The lowest BCUT2D eigenvalue weighted by atomic mass is 10.0. The van der Waals surface area contributed by atoms with Crippen molar-refractivity contribution in [2.24, 2.45) is 0 Å². The summed E-state index contributed by atoms with van der Waals surface area (Å²) in [6.45, 7) is 5.03. The number of nitrogens with zero attached hydrogens (tertiary/aromatic N) is 2. The van der Waals surface area contributed by atoms with E-state index in [1.165, 1.54) is 4.88 Å². The molecule has 1 aromatic heterocycles. The molecule has 5 heteroatoms. The van der Waals surface area contributed by atoms with Crippen LogP contribution in [0.4, 0.5) is 5.69 Å². The molecular formula is C20H26N2O2S. The van der Waals surface area contributed by atoms with Crippen LogP contribution in [0.2, 0.25) is 0 Å². The predicted octanol–water partition coefficient (Wildman–Crippen LogP) is 4.16. The second-order valence-corrected chi connectivity index (χ2v) is 7.43. The first-order chi connectivity index (χ1) is 12.2. The number of rotatable bonds is 6. The molecule has 0 unspecified atom stereocenters. The molecule has 1 aromatic carbocycles. The summed E-state index contributed by atoms with van der Waals surface area (Å²) in [4.78, 5) is 18.5. The third kappa shape index (κ3) is 4.41. The molecule has 0 bridgehead atoms. The molecule has 1 aliphatic heterocycles. The monoisotopic (exact) mass is 358 g/mol. The van der Waals surface area contributed by atoms with Crippen molar-refractivity contribution in [3.8, 4) is 5.75 Å². The summed E-state index contributed by atoms with van der Waals surface area (Å²) in [6, 6.07) is 12.4. The molecule has 134 valence electrons. The number of hydrogen-bond acceptors (Lipinski definition) is 4. The second kappa shape index (κ2) is 8.50. The maximum Gasteiger partial charge on any atom is 0.226 e. The smallest absolute Gasteiger partial charge is 0.226 e. The molecule has 2 heterocycles. The highest BCUT2D eigenvalue weighted by atomic mass is 32.1. The van der Waals surface area contributed by atoms with Crippen LogP contribution in [0, 0.1) is 0 Å². The van der Waals surface area contributed by atoms with Gasteiger partial charge in [0.05, 0.1) is 7.11 Å². The molecule has 1 aliphatic rings. The van der Waals surface area contributed by atoms with Crippen molar-refractivity contribution in [3.63, 3.8) is 0 Å². The van der Waals surface area contributed by atoms with E-state index in [-0.39, 0.29) is 11.9 Å². The van der Waals surface area contributed by atoms with Gasteiger partial charge in [-0.15, -0.1) is 11.3 Å². The minimum Gasteiger partial charge on any atom is -0.497 e. The lowest BCUT2D eigenvalue weighted by Crippen LogP contribution is -2.47. The maximum atomic E-state index is 12.6. The third-order valence-electron chi connectivity index (χ3n) is 4.80. The van der Waals surface area contributed by atoms with E-state index in [0.29, 0.717) is 6.42 Å². The average molecular weight is 359 g/mol. The van der Waals surface area contributed by atoms with Gasteiger partial charge in [-0.1, -0.05) is 13.0 Å². The Kier molecular flexibility index (Phi) is 6.10. The van der Waals surface area contributed by atoms with Gasteiger partial charge in [0.1, 0.15) is 5.75 Å². The number of anilines is 1. The van der Waals surface area contributed by atoms with Crippen molar-refractivity contribution in [2.45, 2.75) is 38.8 Å². The van der Waals surface area contributed by atoms with E-state index >= 15 is 0 Å². The average Bonchev–Trinajstić information content (AvgIpc) is 3.17. The van der Waals surface area contributed by atoms with Crippen molar-refractivity contribution in [2.75, 3.05) is 25.1 Å². The van der Waals surface area contributed by atoms with E-state index in [9.17, 15) is 4.79 Å². The number of carbonyl (C=O) groups is 1. The van der Waals surface area contributed by atoms with Crippen LogP contribution in [0.25, 0.3) is 0 Å². The van der Waals surface area contributed by atoms with Crippen LogP contribution in [-0.2, 0) is 11.3 Å². The van der Waals surface area contributed by atoms with E-state index in [4.69, 9.17) is 4.74 Å². The van der Waals surface area contributed by atoms with Crippen LogP contribution in [0.15, 0.2) is 41.8 Å². The summed E-state index contributed by atoms with van der Waals surface area (Å²) in [7, 11) is 1.66. The van der Waals surface area contributed by atoms with Gasteiger partial charge in [-0.25, -0.2) is 0 Å². The number of amides is 1. The molecule has 3 rings (SSSR count). The summed E-state index contributed by atoms with van der Waals surface area (Å²) in [5.74, 6) is 1.01. The van der Waals surface area contributed by atoms with Crippen molar-refractivity contribution in [1.29, 1.82) is 0 Å². The highest BCUT2D eigenvalue weighted by Gasteiger charge is 2.28. The standard InChI is InChI=1S/C20H26N2O2S/c1-3-20(23)22(16-6-8-18(24-2)9-7-16)17-10-12-21(13-11-17)15-19-5-4-14-25-19/h4-9,14,17H,3,10-13,15H2,1-2H3. The number of ether oxygens (including phenoxy) is 1. The fraction of sp³-hybridized carbons (Fsp3) is 0.450. The summed E-state index contributed by atoms with van der Waals surface area (Å²) in [5, 5.41) is 2.13. The third-order valence-corrected chi connectivity index (χ3v) is 5.66. The Morgan fingerprint density at radius 3 is 2.52 bits per heavy atom. The van der Waals surface area contributed by atoms with Gasteiger partial charge in [-0.05, 0) is 48.6 Å². The number of thiophene rings is 1. The molecule has 0 radical (unpaired) electrons. The fourth-order valence-electron chi connectivity index (χ4n) is 3.43. The van der Waals surface area contributed by atoms with Gasteiger partial charge in [-0.3, -0.25) is 9.69 Å². The molecule has 0 spiro atoms. The Morgan fingerprint density at radius 1 is 1.24 bits per heavy atom. The Bertz CT molecular complexity index is 662. The molecule has 0 atom stereocenters.